The van der Waals surface area contributed by atoms with Gasteiger partial charge in [0, 0.05) is 24.3 Å². The summed E-state index contributed by atoms with van der Waals surface area (Å²) in [5, 5.41) is 0.647. The van der Waals surface area contributed by atoms with Crippen LogP contribution in [0.5, 0.6) is 11.5 Å². The van der Waals surface area contributed by atoms with E-state index in [1.54, 1.807) is 6.26 Å². The van der Waals surface area contributed by atoms with E-state index in [-0.39, 0.29) is 34.6 Å². The number of rotatable bonds is 12. The van der Waals surface area contributed by atoms with E-state index in [2.05, 4.69) is 67.7 Å². The van der Waals surface area contributed by atoms with E-state index in [9.17, 15) is 9.59 Å². The first-order valence-corrected chi connectivity index (χ1v) is 25.8. The Balaban J connectivity index is 1.40. The summed E-state index contributed by atoms with van der Waals surface area (Å²) in [6.45, 7) is 25.0. The summed E-state index contributed by atoms with van der Waals surface area (Å²) in [4.78, 5) is 27.6. The van der Waals surface area contributed by atoms with Gasteiger partial charge in [0.05, 0.1) is 12.9 Å². The highest BCUT2D eigenvalue weighted by Gasteiger charge is 2.56. The molecule has 12 heteroatoms. The third kappa shape index (κ3) is 9.58. The van der Waals surface area contributed by atoms with Gasteiger partial charge in [-0.05, 0) is 91.1 Å². The molecule has 2 aliphatic heterocycles. The van der Waals surface area contributed by atoms with E-state index in [1.807, 2.05) is 73.7 Å². The molecule has 0 amide bonds. The maximum Gasteiger partial charge on any atom is 0.303 e. The Morgan fingerprint density at radius 1 is 0.825 bits per heavy atom. The van der Waals surface area contributed by atoms with Gasteiger partial charge in [-0.3, -0.25) is 9.59 Å². The zero-order chi connectivity index (χ0) is 41.5. The quantitative estimate of drug-likeness (QED) is 0.0778. The molecule has 0 N–H and O–H groups in total. The summed E-state index contributed by atoms with van der Waals surface area (Å²) in [6, 6.07) is 21.3. The van der Waals surface area contributed by atoms with Gasteiger partial charge < -0.3 is 37.0 Å². The number of furan rings is 1. The maximum atomic E-state index is 14.6. The standard InChI is InChI=1S/C45H60O10Si2/c1-28-24-35(38(36(25-28)54-56(9,10)44(3,4)5)33(47)20-18-30-19-21-34-32(26-30)22-23-48-34)51-43-41(50-29(2)46)40(55-57(11,12)45(6,7)8)39-37(52-43)27-49-42(53-39)31-16-14-13-15-17-31/h13-17,19,21-26,37,39-43H,18,20,27H2,1-12H3/t37-,39-,40+,41-,42?,43-/m1/s1. The summed E-state index contributed by atoms with van der Waals surface area (Å²) < 4.78 is 52.2. The molecular weight excluding hydrogens is 757 g/mol. The molecule has 2 saturated heterocycles. The third-order valence-corrected chi connectivity index (χ3v) is 20.8. The lowest BCUT2D eigenvalue weighted by molar-refractivity contribution is -0.348. The monoisotopic (exact) mass is 816 g/mol. The molecule has 6 atom stereocenters. The number of aryl methyl sites for hydroxylation is 2. The fraction of sp³-hybridized carbons (Fsp3) is 0.511. The van der Waals surface area contributed by atoms with E-state index in [4.69, 9.17) is 37.0 Å². The molecule has 2 fully saturated rings. The SMILES string of the molecule is CC(=O)O[C@H]1[C@H](Oc2cc(C)cc(O[Si](C)(C)C(C)(C)C)c2C(=O)CCc2ccc3occc3c2)O[C@@H]2COC(c3ccccc3)O[C@H]2[C@@H]1O[Si](C)(C)C(C)(C)C. The molecule has 0 radical (unpaired) electrons. The fourth-order valence-corrected chi connectivity index (χ4v) is 8.99. The van der Waals surface area contributed by atoms with Gasteiger partial charge in [-0.2, -0.15) is 0 Å². The Morgan fingerprint density at radius 2 is 1.51 bits per heavy atom. The van der Waals surface area contributed by atoms with Crippen LogP contribution in [0.25, 0.3) is 11.0 Å². The largest absolute Gasteiger partial charge is 0.543 e. The van der Waals surface area contributed by atoms with Crippen molar-refractivity contribution in [3.05, 3.63) is 95.2 Å². The predicted molar refractivity (Wildman–Crippen MR) is 225 cm³/mol. The Hall–Kier alpha value is -3.79. The van der Waals surface area contributed by atoms with Crippen molar-refractivity contribution in [1.82, 2.24) is 0 Å². The number of benzene rings is 3. The first-order chi connectivity index (χ1) is 26.6. The maximum absolute atomic E-state index is 14.6. The van der Waals surface area contributed by atoms with Gasteiger partial charge in [0.1, 0.15) is 41.0 Å². The van der Waals surface area contributed by atoms with E-state index >= 15 is 0 Å². The van der Waals surface area contributed by atoms with Crippen LogP contribution in [-0.4, -0.2) is 65.7 Å². The molecule has 57 heavy (non-hydrogen) atoms. The van der Waals surface area contributed by atoms with Crippen molar-refractivity contribution in [1.29, 1.82) is 0 Å². The van der Waals surface area contributed by atoms with Gasteiger partial charge in [0.25, 0.3) is 8.32 Å². The number of ketones is 1. The minimum Gasteiger partial charge on any atom is -0.543 e. The predicted octanol–water partition coefficient (Wildman–Crippen LogP) is 10.5. The number of hydrogen-bond acceptors (Lipinski definition) is 10. The lowest BCUT2D eigenvalue weighted by Gasteiger charge is -2.51. The lowest BCUT2D eigenvalue weighted by Crippen LogP contribution is -2.66. The highest BCUT2D eigenvalue weighted by Crippen LogP contribution is 2.45. The third-order valence-electron chi connectivity index (χ3n) is 12.0. The molecule has 0 saturated carbocycles. The van der Waals surface area contributed by atoms with Crippen molar-refractivity contribution in [2.45, 2.75) is 141 Å². The van der Waals surface area contributed by atoms with Crippen LogP contribution in [0.15, 0.2) is 77.4 Å². The van der Waals surface area contributed by atoms with Crippen molar-refractivity contribution in [2.24, 2.45) is 0 Å². The molecule has 4 aromatic rings. The van der Waals surface area contributed by atoms with Crippen LogP contribution in [-0.2, 0) is 34.6 Å². The molecule has 308 valence electrons. The summed E-state index contributed by atoms with van der Waals surface area (Å²) in [5.41, 5.74) is 3.81. The van der Waals surface area contributed by atoms with Crippen LogP contribution >= 0.6 is 0 Å². The number of hydrogen-bond donors (Lipinski definition) is 0. The topological polar surface area (TPSA) is 112 Å². The average molecular weight is 817 g/mol. The molecule has 3 aromatic carbocycles. The average Bonchev–Trinajstić information content (AvgIpc) is 3.59. The van der Waals surface area contributed by atoms with Crippen LogP contribution in [0.2, 0.25) is 36.3 Å². The van der Waals surface area contributed by atoms with Gasteiger partial charge in [-0.1, -0.05) is 77.9 Å². The highest BCUT2D eigenvalue weighted by atomic mass is 28.4. The van der Waals surface area contributed by atoms with Crippen molar-refractivity contribution < 1.29 is 46.5 Å². The van der Waals surface area contributed by atoms with Crippen LogP contribution in [0.4, 0.5) is 0 Å². The molecular formula is C45H60O10Si2. The molecule has 1 aromatic heterocycles. The van der Waals surface area contributed by atoms with E-state index in [1.165, 1.54) is 6.92 Å². The summed E-state index contributed by atoms with van der Waals surface area (Å²) in [5.74, 6) is 0.0789. The number of carbonyl (C=O) groups excluding carboxylic acids is 2. The van der Waals surface area contributed by atoms with Crippen LogP contribution in [0.1, 0.15) is 88.2 Å². The molecule has 6 rings (SSSR count). The minimum absolute atomic E-state index is 0.146. The Bertz CT molecular complexity index is 2040. The molecule has 0 aliphatic carbocycles. The zero-order valence-corrected chi connectivity index (χ0v) is 37.6. The molecule has 10 nitrogen and oxygen atoms in total. The van der Waals surface area contributed by atoms with Gasteiger partial charge in [-0.25, -0.2) is 0 Å². The van der Waals surface area contributed by atoms with Gasteiger partial charge in [0.15, 0.2) is 26.5 Å². The first-order valence-electron chi connectivity index (χ1n) is 20.0. The first kappa shape index (κ1) is 42.8. The van der Waals surface area contributed by atoms with E-state index < -0.39 is 59.6 Å². The summed E-state index contributed by atoms with van der Waals surface area (Å²) >= 11 is 0. The number of fused-ring (bicyclic) bond motifs is 2. The Labute approximate surface area is 339 Å². The van der Waals surface area contributed by atoms with Gasteiger partial charge in [0.2, 0.25) is 6.29 Å². The zero-order valence-electron chi connectivity index (χ0n) is 35.6. The van der Waals surface area contributed by atoms with Crippen LogP contribution in [0.3, 0.4) is 0 Å². The summed E-state index contributed by atoms with van der Waals surface area (Å²) in [6.07, 6.45) is -2.64. The van der Waals surface area contributed by atoms with Gasteiger partial charge in [-0.15, -0.1) is 0 Å². The number of Topliss-reactive ketones (excluding diaryl/α,β-unsaturated/α-hetero) is 1. The Morgan fingerprint density at radius 3 is 2.18 bits per heavy atom. The molecule has 0 bridgehead atoms. The smallest absolute Gasteiger partial charge is 0.303 e. The second-order valence-electron chi connectivity index (χ2n) is 18.5. The fourth-order valence-electron chi connectivity index (χ4n) is 6.67. The lowest BCUT2D eigenvalue weighted by atomic mass is 9.97. The number of esters is 1. The summed E-state index contributed by atoms with van der Waals surface area (Å²) in [7, 11) is -4.98. The number of carbonyl (C=O) groups is 2. The van der Waals surface area contributed by atoms with Crippen LogP contribution < -0.4 is 9.16 Å². The minimum atomic E-state index is -2.53. The second-order valence-corrected chi connectivity index (χ2v) is 27.9. The molecule has 3 heterocycles. The normalized spacial score (nSPS) is 23.2. The van der Waals surface area contributed by atoms with Crippen LogP contribution in [0, 0.1) is 6.92 Å². The van der Waals surface area contributed by atoms with Crippen molar-refractivity contribution >= 4 is 39.4 Å². The molecule has 1 unspecified atom stereocenters. The van der Waals surface area contributed by atoms with Gasteiger partial charge >= 0.3 is 5.97 Å². The van der Waals surface area contributed by atoms with E-state index in [0.717, 1.165) is 27.7 Å². The number of ether oxygens (including phenoxy) is 5. The second kappa shape index (κ2) is 16.5. The van der Waals surface area contributed by atoms with E-state index in [0.29, 0.717) is 17.7 Å². The van der Waals surface area contributed by atoms with Crippen molar-refractivity contribution in [3.63, 3.8) is 0 Å². The van der Waals surface area contributed by atoms with Crippen molar-refractivity contribution in [3.8, 4) is 11.5 Å². The molecule has 2 aliphatic rings. The molecule has 0 spiro atoms. The Kier molecular flexibility index (Phi) is 12.4. The highest BCUT2D eigenvalue weighted by molar-refractivity contribution is 6.75. The van der Waals surface area contributed by atoms with Crippen molar-refractivity contribution in [2.75, 3.05) is 6.61 Å².